The molecule has 0 aliphatic carbocycles. The fourth-order valence-corrected chi connectivity index (χ4v) is 3.55. The van der Waals surface area contributed by atoms with Crippen molar-refractivity contribution in [2.45, 2.75) is 17.9 Å². The van der Waals surface area contributed by atoms with E-state index in [0.717, 1.165) is 6.07 Å². The monoisotopic (exact) mass is 346 g/mol. The zero-order chi connectivity index (χ0) is 17.3. The second kappa shape index (κ2) is 6.02. The van der Waals surface area contributed by atoms with Crippen molar-refractivity contribution < 1.29 is 18.3 Å². The van der Waals surface area contributed by atoms with Gasteiger partial charge in [0.15, 0.2) is 11.5 Å². The molecule has 124 valence electrons. The highest BCUT2D eigenvalue weighted by atomic mass is 32.2. The lowest BCUT2D eigenvalue weighted by atomic mass is 10.2. The van der Waals surface area contributed by atoms with E-state index in [1.54, 1.807) is 35.7 Å². The largest absolute Gasteiger partial charge is 0.478 e. The Labute approximate surface area is 137 Å². The number of hydrogen-bond donors (Lipinski definition) is 2. The third-order valence-electron chi connectivity index (χ3n) is 3.45. The molecule has 24 heavy (non-hydrogen) atoms. The second-order valence-electron chi connectivity index (χ2n) is 5.16. The van der Waals surface area contributed by atoms with Crippen LogP contribution >= 0.6 is 0 Å². The van der Waals surface area contributed by atoms with Crippen LogP contribution in [0.2, 0.25) is 0 Å². The molecule has 8 nitrogen and oxygen atoms in total. The minimum absolute atomic E-state index is 0.0987. The average molecular weight is 346 g/mol. The van der Waals surface area contributed by atoms with Gasteiger partial charge in [-0.15, -0.1) is 10.2 Å². The summed E-state index contributed by atoms with van der Waals surface area (Å²) < 4.78 is 29.1. The number of rotatable bonds is 5. The highest BCUT2D eigenvalue weighted by Gasteiger charge is 2.22. The summed E-state index contributed by atoms with van der Waals surface area (Å²) in [5.41, 5.74) is 0.505. The van der Waals surface area contributed by atoms with Crippen molar-refractivity contribution in [1.29, 1.82) is 0 Å². The molecule has 0 aliphatic heterocycles. The van der Waals surface area contributed by atoms with Crippen LogP contribution in [0, 0.1) is 0 Å². The molecule has 0 amide bonds. The molecule has 1 aromatic carbocycles. The van der Waals surface area contributed by atoms with E-state index in [1.165, 1.54) is 18.2 Å². The van der Waals surface area contributed by atoms with Gasteiger partial charge in [0.25, 0.3) is 0 Å². The van der Waals surface area contributed by atoms with Gasteiger partial charge in [-0.05, 0) is 37.3 Å². The number of pyridine rings is 1. The van der Waals surface area contributed by atoms with Crippen LogP contribution in [-0.4, -0.2) is 34.1 Å². The first kappa shape index (κ1) is 16.1. The maximum absolute atomic E-state index is 12.5. The number of aromatic nitrogens is 3. The number of carbonyl (C=O) groups is 1. The molecule has 0 spiro atoms. The summed E-state index contributed by atoms with van der Waals surface area (Å²) in [7, 11) is -3.90. The van der Waals surface area contributed by atoms with Gasteiger partial charge in [0.05, 0.1) is 16.5 Å². The minimum Gasteiger partial charge on any atom is -0.478 e. The molecule has 0 radical (unpaired) electrons. The minimum atomic E-state index is -3.90. The summed E-state index contributed by atoms with van der Waals surface area (Å²) in [6.07, 6.45) is 1.74. The standard InChI is InChI=1S/C15H14N4O4S/c1-10(14-17-16-13-7-2-3-8-19(13)14)18-24(22,23)12-6-4-5-11(9-12)15(20)21/h2-10,18H,1H3,(H,20,21). The summed E-state index contributed by atoms with van der Waals surface area (Å²) in [6, 6.07) is 9.86. The van der Waals surface area contributed by atoms with Gasteiger partial charge >= 0.3 is 5.97 Å². The Kier molecular flexibility index (Phi) is 4.04. The van der Waals surface area contributed by atoms with Crippen molar-refractivity contribution >= 4 is 21.6 Å². The van der Waals surface area contributed by atoms with Crippen molar-refractivity contribution in [2.75, 3.05) is 0 Å². The zero-order valence-corrected chi connectivity index (χ0v) is 13.4. The van der Waals surface area contributed by atoms with Gasteiger partial charge in [0.1, 0.15) is 0 Å². The average Bonchev–Trinajstić information content (AvgIpc) is 2.98. The van der Waals surface area contributed by atoms with Gasteiger partial charge in [-0.25, -0.2) is 17.9 Å². The molecule has 2 N–H and O–H groups in total. The van der Waals surface area contributed by atoms with E-state index in [2.05, 4.69) is 14.9 Å². The van der Waals surface area contributed by atoms with Crippen molar-refractivity contribution in [3.63, 3.8) is 0 Å². The van der Waals surface area contributed by atoms with Crippen LogP contribution in [0.5, 0.6) is 0 Å². The summed E-state index contributed by atoms with van der Waals surface area (Å²) >= 11 is 0. The Morgan fingerprint density at radius 2 is 2.00 bits per heavy atom. The van der Waals surface area contributed by atoms with Crippen LogP contribution in [0.15, 0.2) is 53.6 Å². The summed E-state index contributed by atoms with van der Waals surface area (Å²) in [4.78, 5) is 10.9. The molecule has 0 fully saturated rings. The van der Waals surface area contributed by atoms with Crippen LogP contribution in [0.25, 0.3) is 5.65 Å². The third-order valence-corrected chi connectivity index (χ3v) is 4.99. The zero-order valence-electron chi connectivity index (χ0n) is 12.6. The number of sulfonamides is 1. The number of benzene rings is 1. The molecule has 0 saturated carbocycles. The van der Waals surface area contributed by atoms with E-state index in [9.17, 15) is 13.2 Å². The molecular formula is C15H14N4O4S. The van der Waals surface area contributed by atoms with Gasteiger partial charge in [0, 0.05) is 6.20 Å². The highest BCUT2D eigenvalue weighted by molar-refractivity contribution is 7.89. The van der Waals surface area contributed by atoms with Crippen LogP contribution < -0.4 is 4.72 Å². The molecule has 3 rings (SSSR count). The Hall–Kier alpha value is -2.78. The molecule has 1 atom stereocenters. The quantitative estimate of drug-likeness (QED) is 0.723. The Bertz CT molecular complexity index is 1010. The van der Waals surface area contributed by atoms with Gasteiger partial charge < -0.3 is 5.11 Å². The smallest absolute Gasteiger partial charge is 0.335 e. The molecule has 2 heterocycles. The van der Waals surface area contributed by atoms with Crippen LogP contribution in [0.4, 0.5) is 0 Å². The molecule has 2 aromatic heterocycles. The van der Waals surface area contributed by atoms with Crippen LogP contribution in [0.3, 0.4) is 0 Å². The van der Waals surface area contributed by atoms with Gasteiger partial charge in [-0.2, -0.15) is 0 Å². The first-order valence-corrected chi connectivity index (χ1v) is 8.52. The van der Waals surface area contributed by atoms with E-state index in [-0.39, 0.29) is 10.5 Å². The maximum Gasteiger partial charge on any atom is 0.335 e. The summed E-state index contributed by atoms with van der Waals surface area (Å²) in [6.45, 7) is 1.64. The number of hydrogen-bond acceptors (Lipinski definition) is 5. The molecule has 0 saturated heterocycles. The fourth-order valence-electron chi connectivity index (χ4n) is 2.30. The van der Waals surface area contributed by atoms with E-state index < -0.39 is 22.0 Å². The van der Waals surface area contributed by atoms with E-state index in [0.29, 0.717) is 11.5 Å². The SMILES string of the molecule is CC(NS(=O)(=O)c1cccc(C(=O)O)c1)c1nnc2ccccn12. The van der Waals surface area contributed by atoms with Crippen molar-refractivity contribution in [1.82, 2.24) is 19.3 Å². The Balaban J connectivity index is 1.91. The maximum atomic E-state index is 12.5. The number of fused-ring (bicyclic) bond motifs is 1. The first-order valence-electron chi connectivity index (χ1n) is 7.04. The first-order chi connectivity index (χ1) is 11.4. The van der Waals surface area contributed by atoms with Crippen molar-refractivity contribution in [2.24, 2.45) is 0 Å². The molecule has 9 heteroatoms. The second-order valence-corrected chi connectivity index (χ2v) is 6.88. The Morgan fingerprint density at radius 1 is 1.21 bits per heavy atom. The van der Waals surface area contributed by atoms with E-state index >= 15 is 0 Å². The lowest BCUT2D eigenvalue weighted by Crippen LogP contribution is -2.28. The Morgan fingerprint density at radius 3 is 2.75 bits per heavy atom. The third kappa shape index (κ3) is 2.99. The normalized spacial score (nSPS) is 13.0. The number of nitrogens with zero attached hydrogens (tertiary/aromatic N) is 3. The van der Waals surface area contributed by atoms with Gasteiger partial charge in [-0.3, -0.25) is 4.40 Å². The molecule has 0 aliphatic rings. The molecule has 1 unspecified atom stereocenters. The van der Waals surface area contributed by atoms with Crippen molar-refractivity contribution in [3.05, 3.63) is 60.0 Å². The summed E-state index contributed by atoms with van der Waals surface area (Å²) in [5.74, 6) is -0.757. The van der Waals surface area contributed by atoms with Gasteiger partial charge in [0.2, 0.25) is 10.0 Å². The predicted molar refractivity (Wildman–Crippen MR) is 85.1 cm³/mol. The fraction of sp³-hybridized carbons (Fsp3) is 0.133. The lowest BCUT2D eigenvalue weighted by molar-refractivity contribution is 0.0696. The number of carboxylic acid groups (broad SMARTS) is 1. The number of carboxylic acids is 1. The van der Waals surface area contributed by atoms with Crippen LogP contribution in [0.1, 0.15) is 29.1 Å². The predicted octanol–water partition coefficient (Wildman–Crippen LogP) is 1.47. The lowest BCUT2D eigenvalue weighted by Gasteiger charge is -2.13. The van der Waals surface area contributed by atoms with Crippen molar-refractivity contribution in [3.8, 4) is 0 Å². The van der Waals surface area contributed by atoms with Crippen LogP contribution in [-0.2, 0) is 10.0 Å². The molecule has 0 bridgehead atoms. The number of aromatic carboxylic acids is 1. The highest BCUT2D eigenvalue weighted by Crippen LogP contribution is 2.17. The topological polar surface area (TPSA) is 114 Å². The van der Waals surface area contributed by atoms with Gasteiger partial charge in [-0.1, -0.05) is 12.1 Å². The van der Waals surface area contributed by atoms with E-state index in [1.807, 2.05) is 0 Å². The molecular weight excluding hydrogens is 332 g/mol. The van der Waals surface area contributed by atoms with E-state index in [4.69, 9.17) is 5.11 Å². The summed E-state index contributed by atoms with van der Waals surface area (Å²) in [5, 5.41) is 17.0. The number of nitrogens with one attached hydrogen (secondary N) is 1. The molecule has 3 aromatic rings.